The number of hydrogen-bond donors (Lipinski definition) is 0. The van der Waals surface area contributed by atoms with Gasteiger partial charge in [-0.3, -0.25) is 9.59 Å². The molecule has 0 aromatic carbocycles. The van der Waals surface area contributed by atoms with Gasteiger partial charge in [-0.15, -0.1) is 0 Å². The second-order valence-corrected chi connectivity index (χ2v) is 7.95. The minimum absolute atomic E-state index is 0.0251. The highest BCUT2D eigenvalue weighted by Crippen LogP contribution is 2.18. The van der Waals surface area contributed by atoms with Gasteiger partial charge < -0.3 is 23.8 Å². The molecule has 1 heterocycles. The molecule has 0 aliphatic heterocycles. The minimum atomic E-state index is -0.540. The van der Waals surface area contributed by atoms with Crippen LogP contribution >= 0.6 is 0 Å². The third-order valence-electron chi connectivity index (χ3n) is 4.50. The van der Waals surface area contributed by atoms with Crippen molar-refractivity contribution in [3.8, 4) is 0 Å². The first kappa shape index (κ1) is 24.2. The molecule has 1 aromatic rings. The molecule has 0 N–H and O–H groups in total. The van der Waals surface area contributed by atoms with E-state index in [9.17, 15) is 9.59 Å². The Morgan fingerprint density at radius 2 is 1.86 bits per heavy atom. The first-order valence-electron chi connectivity index (χ1n) is 9.94. The molecule has 0 spiro atoms. The van der Waals surface area contributed by atoms with Crippen LogP contribution in [0.3, 0.4) is 0 Å². The normalized spacial score (nSPS) is 11.5. The number of carbonyl (C=O) groups is 2. The molecule has 0 unspecified atom stereocenters. The standard InChI is InChI=1S/C21H37N3O4/c1-7-28-14-9-12-24(20(26)21(2,3)4)17-19(25)23(13-15-27-6)16-18-10-8-11-22(18)5/h8,10-11H,7,9,12-17H2,1-6H3. The molecular formula is C21H37N3O4. The van der Waals surface area contributed by atoms with E-state index in [0.29, 0.717) is 45.9 Å². The molecule has 0 radical (unpaired) electrons. The van der Waals surface area contributed by atoms with Crippen molar-refractivity contribution in [1.29, 1.82) is 0 Å². The Bertz CT molecular complexity index is 607. The van der Waals surface area contributed by atoms with Crippen LogP contribution in [-0.2, 0) is 32.7 Å². The predicted molar refractivity (Wildman–Crippen MR) is 110 cm³/mol. The molecule has 0 fully saturated rings. The van der Waals surface area contributed by atoms with Crippen molar-refractivity contribution in [3.63, 3.8) is 0 Å². The Hall–Kier alpha value is -1.86. The van der Waals surface area contributed by atoms with Crippen molar-refractivity contribution in [2.45, 2.75) is 40.7 Å². The van der Waals surface area contributed by atoms with Gasteiger partial charge in [0.05, 0.1) is 19.7 Å². The minimum Gasteiger partial charge on any atom is -0.383 e. The number of aryl methyl sites for hydroxylation is 1. The van der Waals surface area contributed by atoms with Gasteiger partial charge in [-0.25, -0.2) is 0 Å². The lowest BCUT2D eigenvalue weighted by atomic mass is 9.94. The zero-order valence-corrected chi connectivity index (χ0v) is 18.4. The lowest BCUT2D eigenvalue weighted by Crippen LogP contribution is -2.47. The second-order valence-electron chi connectivity index (χ2n) is 7.95. The molecule has 0 aliphatic carbocycles. The molecule has 0 bridgehead atoms. The van der Waals surface area contributed by atoms with E-state index in [1.165, 1.54) is 0 Å². The average molecular weight is 396 g/mol. The number of amides is 2. The molecule has 1 aromatic heterocycles. The summed E-state index contributed by atoms with van der Waals surface area (Å²) in [5.41, 5.74) is 0.496. The van der Waals surface area contributed by atoms with Crippen LogP contribution < -0.4 is 0 Å². The van der Waals surface area contributed by atoms with E-state index >= 15 is 0 Å². The zero-order chi connectivity index (χ0) is 21.2. The topological polar surface area (TPSA) is 64.0 Å². The molecule has 2 amide bonds. The molecule has 1 rings (SSSR count). The fourth-order valence-corrected chi connectivity index (χ4v) is 2.84. The van der Waals surface area contributed by atoms with Gasteiger partial charge in [0.1, 0.15) is 0 Å². The van der Waals surface area contributed by atoms with E-state index in [1.807, 2.05) is 57.6 Å². The second kappa shape index (κ2) is 11.9. The van der Waals surface area contributed by atoms with Crippen molar-refractivity contribution in [3.05, 3.63) is 24.0 Å². The Morgan fingerprint density at radius 3 is 2.39 bits per heavy atom. The molecule has 160 valence electrons. The van der Waals surface area contributed by atoms with E-state index in [0.717, 1.165) is 5.69 Å². The van der Waals surface area contributed by atoms with Crippen LogP contribution in [0.25, 0.3) is 0 Å². The van der Waals surface area contributed by atoms with Gasteiger partial charge in [0, 0.05) is 57.8 Å². The van der Waals surface area contributed by atoms with Crippen molar-refractivity contribution in [2.75, 3.05) is 46.6 Å². The first-order chi connectivity index (χ1) is 13.2. The lowest BCUT2D eigenvalue weighted by Gasteiger charge is -2.31. The summed E-state index contributed by atoms with van der Waals surface area (Å²) in [4.78, 5) is 29.3. The third kappa shape index (κ3) is 8.02. The van der Waals surface area contributed by atoms with Crippen LogP contribution in [0.1, 0.15) is 39.8 Å². The van der Waals surface area contributed by atoms with Gasteiger partial charge in [0.15, 0.2) is 0 Å². The van der Waals surface area contributed by atoms with Crippen molar-refractivity contribution < 1.29 is 19.1 Å². The summed E-state index contributed by atoms with van der Waals surface area (Å²) in [6.07, 6.45) is 2.66. The lowest BCUT2D eigenvalue weighted by molar-refractivity contribution is -0.146. The molecule has 0 saturated carbocycles. The van der Waals surface area contributed by atoms with Crippen LogP contribution in [0.15, 0.2) is 18.3 Å². The monoisotopic (exact) mass is 395 g/mol. The number of hydrogen-bond acceptors (Lipinski definition) is 4. The highest BCUT2D eigenvalue weighted by Gasteiger charge is 2.29. The number of ether oxygens (including phenoxy) is 2. The summed E-state index contributed by atoms with van der Waals surface area (Å²) in [6.45, 7) is 10.8. The number of rotatable bonds is 12. The van der Waals surface area contributed by atoms with Crippen molar-refractivity contribution in [1.82, 2.24) is 14.4 Å². The maximum Gasteiger partial charge on any atom is 0.242 e. The highest BCUT2D eigenvalue weighted by atomic mass is 16.5. The summed E-state index contributed by atoms with van der Waals surface area (Å²) in [5.74, 6) is -0.102. The van der Waals surface area contributed by atoms with Crippen LogP contribution in [0.4, 0.5) is 0 Å². The van der Waals surface area contributed by atoms with E-state index in [-0.39, 0.29) is 18.4 Å². The molecule has 0 aliphatic rings. The molecule has 7 nitrogen and oxygen atoms in total. The summed E-state index contributed by atoms with van der Waals surface area (Å²) in [7, 11) is 3.58. The average Bonchev–Trinajstić information content (AvgIpc) is 3.04. The summed E-state index contributed by atoms with van der Waals surface area (Å²) in [5, 5.41) is 0. The van der Waals surface area contributed by atoms with E-state index in [4.69, 9.17) is 9.47 Å². The highest BCUT2D eigenvalue weighted by molar-refractivity contribution is 5.87. The Balaban J connectivity index is 2.86. The van der Waals surface area contributed by atoms with Gasteiger partial charge in [-0.05, 0) is 25.5 Å². The van der Waals surface area contributed by atoms with Crippen molar-refractivity contribution in [2.24, 2.45) is 12.5 Å². The largest absolute Gasteiger partial charge is 0.383 e. The van der Waals surface area contributed by atoms with Gasteiger partial charge in [0.2, 0.25) is 11.8 Å². The van der Waals surface area contributed by atoms with Gasteiger partial charge in [0.25, 0.3) is 0 Å². The van der Waals surface area contributed by atoms with E-state index in [1.54, 1.807) is 16.9 Å². The van der Waals surface area contributed by atoms with Gasteiger partial charge in [-0.2, -0.15) is 0 Å². The zero-order valence-electron chi connectivity index (χ0n) is 18.4. The Morgan fingerprint density at radius 1 is 1.14 bits per heavy atom. The van der Waals surface area contributed by atoms with Crippen LogP contribution in [-0.4, -0.2) is 72.7 Å². The van der Waals surface area contributed by atoms with Gasteiger partial charge in [-0.1, -0.05) is 20.8 Å². The number of methoxy groups -OCH3 is 1. The predicted octanol–water partition coefficient (Wildman–Crippen LogP) is 2.30. The summed E-state index contributed by atoms with van der Waals surface area (Å²) < 4.78 is 12.6. The van der Waals surface area contributed by atoms with E-state index < -0.39 is 5.41 Å². The number of carbonyl (C=O) groups excluding carboxylic acids is 2. The molecular weight excluding hydrogens is 358 g/mol. The fourth-order valence-electron chi connectivity index (χ4n) is 2.84. The number of nitrogens with zero attached hydrogens (tertiary/aromatic N) is 3. The Labute approximate surface area is 169 Å². The van der Waals surface area contributed by atoms with E-state index in [2.05, 4.69) is 0 Å². The van der Waals surface area contributed by atoms with Crippen molar-refractivity contribution >= 4 is 11.8 Å². The molecule has 0 saturated heterocycles. The van der Waals surface area contributed by atoms with Crippen LogP contribution in [0.5, 0.6) is 0 Å². The molecule has 7 heteroatoms. The summed E-state index contributed by atoms with van der Waals surface area (Å²) >= 11 is 0. The molecule has 0 atom stereocenters. The van der Waals surface area contributed by atoms with Gasteiger partial charge >= 0.3 is 0 Å². The molecule has 28 heavy (non-hydrogen) atoms. The van der Waals surface area contributed by atoms with Crippen LogP contribution in [0.2, 0.25) is 0 Å². The quantitative estimate of drug-likeness (QED) is 0.510. The summed E-state index contributed by atoms with van der Waals surface area (Å²) in [6, 6.07) is 3.95. The smallest absolute Gasteiger partial charge is 0.242 e. The number of aromatic nitrogens is 1. The SMILES string of the molecule is CCOCCCN(CC(=O)N(CCOC)Cc1cccn1C)C(=O)C(C)(C)C. The Kier molecular flexibility index (Phi) is 10.2. The first-order valence-corrected chi connectivity index (χ1v) is 9.94. The maximum atomic E-state index is 13.1. The maximum absolute atomic E-state index is 13.1. The fraction of sp³-hybridized carbons (Fsp3) is 0.714. The van der Waals surface area contributed by atoms with Crippen LogP contribution in [0, 0.1) is 5.41 Å². The third-order valence-corrected chi connectivity index (χ3v) is 4.50.